The molecule has 1 aromatic carbocycles. The summed E-state index contributed by atoms with van der Waals surface area (Å²) in [5.41, 5.74) is 1.40. The lowest BCUT2D eigenvalue weighted by Crippen LogP contribution is -2.40. The van der Waals surface area contributed by atoms with Crippen LogP contribution < -0.4 is 24.4 Å². The van der Waals surface area contributed by atoms with Crippen molar-refractivity contribution in [3.05, 3.63) is 77.1 Å². The van der Waals surface area contributed by atoms with Gasteiger partial charge in [0.1, 0.15) is 0 Å². The Morgan fingerprint density at radius 1 is 1.21 bits per heavy atom. The number of benzene rings is 1. The number of nitrogens with zero attached hydrogens (tertiary/aromatic N) is 2. The van der Waals surface area contributed by atoms with Crippen LogP contribution in [0.25, 0.3) is 6.08 Å². The number of esters is 1. The van der Waals surface area contributed by atoms with Gasteiger partial charge < -0.3 is 14.2 Å². The van der Waals surface area contributed by atoms with Gasteiger partial charge in [0.05, 0.1) is 42.2 Å². The molecule has 0 bridgehead atoms. The quantitative estimate of drug-likeness (QED) is 0.244. The molecule has 0 saturated heterocycles. The second kappa shape index (κ2) is 12.6. The van der Waals surface area contributed by atoms with Gasteiger partial charge in [-0.2, -0.15) is 0 Å². The van der Waals surface area contributed by atoms with Crippen LogP contribution in [0.3, 0.4) is 0 Å². The number of thiazole rings is 1. The summed E-state index contributed by atoms with van der Waals surface area (Å²) in [6, 6.07) is 8.76. The molecule has 3 aromatic rings. The summed E-state index contributed by atoms with van der Waals surface area (Å²) in [4.78, 5) is 33.3. The summed E-state index contributed by atoms with van der Waals surface area (Å²) in [5, 5.41) is 1.97. The third-order valence-corrected chi connectivity index (χ3v) is 7.92. The number of thiophene rings is 1. The molecule has 0 fully saturated rings. The molecular weight excluding hydrogens is 520 g/mol. The van der Waals surface area contributed by atoms with E-state index in [9.17, 15) is 9.59 Å². The molecule has 7 nitrogen and oxygen atoms in total. The number of hydrogen-bond acceptors (Lipinski definition) is 8. The highest BCUT2D eigenvalue weighted by Gasteiger charge is 2.34. The zero-order valence-corrected chi connectivity index (χ0v) is 24.1. The van der Waals surface area contributed by atoms with E-state index < -0.39 is 12.0 Å². The Kier molecular flexibility index (Phi) is 9.22. The molecule has 2 aromatic heterocycles. The largest absolute Gasteiger partial charge is 0.493 e. The minimum absolute atomic E-state index is 0.175. The summed E-state index contributed by atoms with van der Waals surface area (Å²) in [6.45, 7) is 8.77. The summed E-state index contributed by atoms with van der Waals surface area (Å²) in [7, 11) is 1.59. The van der Waals surface area contributed by atoms with Gasteiger partial charge in [-0.3, -0.25) is 9.36 Å². The van der Waals surface area contributed by atoms with Crippen molar-refractivity contribution in [1.29, 1.82) is 0 Å². The van der Waals surface area contributed by atoms with Gasteiger partial charge in [-0.25, -0.2) is 9.79 Å². The molecule has 0 spiro atoms. The highest BCUT2D eigenvalue weighted by Crippen LogP contribution is 2.36. The normalized spacial score (nSPS) is 15.4. The van der Waals surface area contributed by atoms with Gasteiger partial charge in [0.2, 0.25) is 0 Å². The Bertz CT molecular complexity index is 1480. The molecule has 38 heavy (non-hydrogen) atoms. The standard InChI is InChI=1S/C29H34N2O5S2/c1-6-7-8-13-35-22-12-11-20(15-23(22)34-5)26-25(28(33)36-17-18(2)3)19(4)30-29-31(26)27(32)24(38-29)16-21-10-9-14-37-21/h9-12,14-16,18,26H,6-8,13,17H2,1-5H3. The molecule has 3 heterocycles. The van der Waals surface area contributed by atoms with Gasteiger partial charge in [0.15, 0.2) is 16.3 Å². The van der Waals surface area contributed by atoms with Crippen molar-refractivity contribution in [3.63, 3.8) is 0 Å². The third-order valence-electron chi connectivity index (χ3n) is 6.11. The number of unbranched alkanes of at least 4 members (excludes halogenated alkanes) is 2. The Morgan fingerprint density at radius 3 is 2.71 bits per heavy atom. The molecule has 202 valence electrons. The van der Waals surface area contributed by atoms with Crippen molar-refractivity contribution in [2.24, 2.45) is 10.9 Å². The monoisotopic (exact) mass is 554 g/mol. The van der Waals surface area contributed by atoms with E-state index in [0.717, 1.165) is 29.7 Å². The van der Waals surface area contributed by atoms with Crippen molar-refractivity contribution >= 4 is 34.7 Å². The lowest BCUT2D eigenvalue weighted by molar-refractivity contribution is -0.140. The highest BCUT2D eigenvalue weighted by molar-refractivity contribution is 7.11. The van der Waals surface area contributed by atoms with Crippen LogP contribution in [0.4, 0.5) is 0 Å². The van der Waals surface area contributed by atoms with E-state index in [1.54, 1.807) is 29.9 Å². The summed E-state index contributed by atoms with van der Waals surface area (Å²) in [5.74, 6) is 0.872. The molecular formula is C29H34N2O5S2. The molecule has 0 aliphatic carbocycles. The van der Waals surface area contributed by atoms with Crippen LogP contribution in [-0.2, 0) is 9.53 Å². The fraction of sp³-hybridized carbons (Fsp3) is 0.414. The van der Waals surface area contributed by atoms with E-state index in [4.69, 9.17) is 14.2 Å². The van der Waals surface area contributed by atoms with Crippen LogP contribution in [-0.4, -0.2) is 30.9 Å². The number of ether oxygens (including phenoxy) is 3. The van der Waals surface area contributed by atoms with Crippen LogP contribution in [0.2, 0.25) is 0 Å². The van der Waals surface area contributed by atoms with Crippen LogP contribution >= 0.6 is 22.7 Å². The zero-order chi connectivity index (χ0) is 27.2. The van der Waals surface area contributed by atoms with Gasteiger partial charge in [-0.05, 0) is 54.5 Å². The molecule has 0 radical (unpaired) electrons. The van der Waals surface area contributed by atoms with Crippen molar-refractivity contribution in [3.8, 4) is 11.5 Å². The van der Waals surface area contributed by atoms with Crippen LogP contribution in [0.15, 0.2) is 56.8 Å². The second-order valence-electron chi connectivity index (χ2n) is 9.56. The predicted molar refractivity (Wildman–Crippen MR) is 152 cm³/mol. The summed E-state index contributed by atoms with van der Waals surface area (Å²) >= 11 is 2.87. The summed E-state index contributed by atoms with van der Waals surface area (Å²) < 4.78 is 19.4. The number of aromatic nitrogens is 1. The number of methoxy groups -OCH3 is 1. The number of allylic oxidation sites excluding steroid dienone is 1. The Morgan fingerprint density at radius 2 is 2.03 bits per heavy atom. The number of rotatable bonds is 11. The third kappa shape index (κ3) is 6.10. The molecule has 0 amide bonds. The number of hydrogen-bond donors (Lipinski definition) is 0. The van der Waals surface area contributed by atoms with Crippen LogP contribution in [0.5, 0.6) is 11.5 Å². The molecule has 1 unspecified atom stereocenters. The van der Waals surface area contributed by atoms with E-state index in [0.29, 0.717) is 38.7 Å². The van der Waals surface area contributed by atoms with Gasteiger partial charge in [0, 0.05) is 4.88 Å². The fourth-order valence-corrected chi connectivity index (χ4v) is 6.00. The highest BCUT2D eigenvalue weighted by atomic mass is 32.1. The molecule has 9 heteroatoms. The second-order valence-corrected chi connectivity index (χ2v) is 11.5. The van der Waals surface area contributed by atoms with Crippen LogP contribution in [0, 0.1) is 5.92 Å². The van der Waals surface area contributed by atoms with Crippen molar-refractivity contribution < 1.29 is 19.0 Å². The fourth-order valence-electron chi connectivity index (χ4n) is 4.23. The molecule has 0 saturated carbocycles. The van der Waals surface area contributed by atoms with Gasteiger partial charge in [0.25, 0.3) is 5.56 Å². The van der Waals surface area contributed by atoms with Crippen LogP contribution in [0.1, 0.15) is 63.4 Å². The van der Waals surface area contributed by atoms with Gasteiger partial charge >= 0.3 is 5.97 Å². The zero-order valence-electron chi connectivity index (χ0n) is 22.5. The first kappa shape index (κ1) is 27.9. The topological polar surface area (TPSA) is 79.1 Å². The van der Waals surface area contributed by atoms with Crippen molar-refractivity contribution in [2.45, 2.75) is 53.0 Å². The maximum absolute atomic E-state index is 13.7. The van der Waals surface area contributed by atoms with E-state index in [1.807, 2.05) is 55.6 Å². The molecule has 1 aliphatic rings. The van der Waals surface area contributed by atoms with Gasteiger partial charge in [-0.15, -0.1) is 11.3 Å². The Balaban J connectivity index is 1.83. The van der Waals surface area contributed by atoms with E-state index in [-0.39, 0.29) is 18.1 Å². The number of carbonyl (C=O) groups excluding carboxylic acids is 1. The van der Waals surface area contributed by atoms with Crippen molar-refractivity contribution in [2.75, 3.05) is 20.3 Å². The molecule has 0 N–H and O–H groups in total. The first-order valence-corrected chi connectivity index (χ1v) is 14.6. The lowest BCUT2D eigenvalue weighted by Gasteiger charge is -2.25. The SMILES string of the molecule is CCCCCOc1ccc(C2C(C(=O)OCC(C)C)=C(C)N=c3sc(=Cc4cccs4)c(=O)n32)cc1OC. The van der Waals surface area contributed by atoms with E-state index in [1.165, 1.54) is 11.3 Å². The molecule has 1 aliphatic heterocycles. The minimum Gasteiger partial charge on any atom is -0.493 e. The minimum atomic E-state index is -0.709. The average Bonchev–Trinajstić information content (AvgIpc) is 3.52. The average molecular weight is 555 g/mol. The first-order chi connectivity index (χ1) is 18.3. The first-order valence-electron chi connectivity index (χ1n) is 12.9. The maximum atomic E-state index is 13.7. The molecule has 1 atom stereocenters. The van der Waals surface area contributed by atoms with E-state index >= 15 is 0 Å². The van der Waals surface area contributed by atoms with Gasteiger partial charge in [-0.1, -0.05) is 57.1 Å². The summed E-state index contributed by atoms with van der Waals surface area (Å²) in [6.07, 6.45) is 5.02. The smallest absolute Gasteiger partial charge is 0.338 e. The maximum Gasteiger partial charge on any atom is 0.338 e. The van der Waals surface area contributed by atoms with Crippen molar-refractivity contribution in [1.82, 2.24) is 4.57 Å². The van der Waals surface area contributed by atoms with E-state index in [2.05, 4.69) is 11.9 Å². The number of fused-ring (bicyclic) bond motifs is 1. The lowest BCUT2D eigenvalue weighted by atomic mass is 9.95. The Hall–Kier alpha value is -3.17. The Labute approximate surface area is 230 Å². The molecule has 4 rings (SSSR count). The predicted octanol–water partition coefficient (Wildman–Crippen LogP) is 5.07. The number of carbonyl (C=O) groups is 1.